The molecule has 1 atom stereocenters. The van der Waals surface area contributed by atoms with Crippen LogP contribution in [-0.2, 0) is 6.54 Å². The van der Waals surface area contributed by atoms with Crippen LogP contribution in [0, 0.1) is 0 Å². The molecule has 0 amide bonds. The number of nitrogens with one attached hydrogen (secondary N) is 2. The Labute approximate surface area is 171 Å². The molecule has 1 aliphatic heterocycles. The smallest absolute Gasteiger partial charge is 0.213 e. The number of rotatable bonds is 7. The van der Waals surface area contributed by atoms with Crippen molar-refractivity contribution in [1.82, 2.24) is 15.6 Å². The van der Waals surface area contributed by atoms with Crippen LogP contribution < -0.4 is 29.7 Å². The highest BCUT2D eigenvalue weighted by molar-refractivity contribution is 5.80. The Hall–Kier alpha value is -3.16. The maximum absolute atomic E-state index is 5.39. The number of hydrogen-bond acceptors (Lipinski definition) is 6. The van der Waals surface area contributed by atoms with Gasteiger partial charge < -0.3 is 29.7 Å². The summed E-state index contributed by atoms with van der Waals surface area (Å²) in [5.41, 5.74) is 1.98. The van der Waals surface area contributed by atoms with Gasteiger partial charge in [-0.25, -0.2) is 4.98 Å². The molecular formula is C21H29N5O3. The largest absolute Gasteiger partial charge is 0.497 e. The molecular weight excluding hydrogens is 370 g/mol. The van der Waals surface area contributed by atoms with Gasteiger partial charge in [-0.05, 0) is 12.5 Å². The van der Waals surface area contributed by atoms with E-state index in [9.17, 15) is 0 Å². The topological polar surface area (TPSA) is 80.2 Å². The number of benzene rings is 1. The molecule has 0 saturated carbocycles. The normalized spacial score (nSPS) is 16.5. The Balaban J connectivity index is 1.57. The molecule has 3 rings (SSSR count). The van der Waals surface area contributed by atoms with Gasteiger partial charge in [0.15, 0.2) is 5.96 Å². The molecule has 8 heteroatoms. The lowest BCUT2D eigenvalue weighted by Gasteiger charge is -2.21. The Morgan fingerprint density at radius 3 is 2.55 bits per heavy atom. The lowest BCUT2D eigenvalue weighted by atomic mass is 10.2. The number of aromatic nitrogens is 1. The molecule has 2 aromatic rings. The van der Waals surface area contributed by atoms with E-state index in [4.69, 9.17) is 14.2 Å². The van der Waals surface area contributed by atoms with Crippen molar-refractivity contribution in [2.45, 2.75) is 19.0 Å². The summed E-state index contributed by atoms with van der Waals surface area (Å²) in [4.78, 5) is 11.1. The fourth-order valence-electron chi connectivity index (χ4n) is 3.32. The van der Waals surface area contributed by atoms with Gasteiger partial charge in [-0.3, -0.25) is 4.99 Å². The summed E-state index contributed by atoms with van der Waals surface area (Å²) in [7, 11) is 6.72. The first kappa shape index (κ1) is 20.6. The summed E-state index contributed by atoms with van der Waals surface area (Å²) in [6, 6.07) is 12.0. The predicted octanol–water partition coefficient (Wildman–Crippen LogP) is 2.05. The van der Waals surface area contributed by atoms with E-state index < -0.39 is 0 Å². The van der Waals surface area contributed by atoms with E-state index >= 15 is 0 Å². The van der Waals surface area contributed by atoms with Crippen molar-refractivity contribution in [3.8, 4) is 17.4 Å². The third-order valence-corrected chi connectivity index (χ3v) is 4.88. The zero-order valence-corrected chi connectivity index (χ0v) is 17.4. The number of anilines is 1. The maximum atomic E-state index is 5.39. The predicted molar refractivity (Wildman–Crippen MR) is 114 cm³/mol. The molecule has 1 aromatic carbocycles. The molecule has 0 radical (unpaired) electrons. The van der Waals surface area contributed by atoms with Crippen molar-refractivity contribution in [2.24, 2.45) is 4.99 Å². The zero-order chi connectivity index (χ0) is 20.6. The van der Waals surface area contributed by atoms with Gasteiger partial charge in [0.05, 0.1) is 33.6 Å². The van der Waals surface area contributed by atoms with E-state index in [0.717, 1.165) is 48.4 Å². The Kier molecular flexibility index (Phi) is 6.99. The van der Waals surface area contributed by atoms with Crippen LogP contribution in [-0.4, -0.2) is 58.5 Å². The minimum Gasteiger partial charge on any atom is -0.497 e. The van der Waals surface area contributed by atoms with E-state index in [1.54, 1.807) is 28.4 Å². The van der Waals surface area contributed by atoms with Crippen LogP contribution in [0.3, 0.4) is 0 Å². The lowest BCUT2D eigenvalue weighted by molar-refractivity contribution is 0.394. The first-order valence-corrected chi connectivity index (χ1v) is 9.60. The fourth-order valence-corrected chi connectivity index (χ4v) is 3.32. The first-order chi connectivity index (χ1) is 14.1. The van der Waals surface area contributed by atoms with Crippen molar-refractivity contribution in [2.75, 3.05) is 46.4 Å². The summed E-state index contributed by atoms with van der Waals surface area (Å²) >= 11 is 0. The van der Waals surface area contributed by atoms with Gasteiger partial charge in [0, 0.05) is 56.1 Å². The maximum Gasteiger partial charge on any atom is 0.213 e. The molecule has 29 heavy (non-hydrogen) atoms. The monoisotopic (exact) mass is 399 g/mol. The summed E-state index contributed by atoms with van der Waals surface area (Å²) in [6.45, 7) is 2.39. The van der Waals surface area contributed by atoms with E-state index in [1.807, 2.05) is 36.4 Å². The number of guanidine groups is 1. The second-order valence-electron chi connectivity index (χ2n) is 6.74. The number of pyridine rings is 1. The second kappa shape index (κ2) is 9.86. The van der Waals surface area contributed by atoms with E-state index in [1.165, 1.54) is 0 Å². The van der Waals surface area contributed by atoms with E-state index in [-0.39, 0.29) is 6.04 Å². The van der Waals surface area contributed by atoms with Gasteiger partial charge in [-0.2, -0.15) is 0 Å². The van der Waals surface area contributed by atoms with Crippen LogP contribution in [0.5, 0.6) is 17.4 Å². The molecule has 0 spiro atoms. The quantitative estimate of drug-likeness (QED) is 0.545. The number of ether oxygens (including phenoxy) is 3. The fraction of sp³-hybridized carbons (Fsp3) is 0.429. The SMILES string of the molecule is CN=C(NCc1cccc(OC)n1)NC1CCN(c2cc(OC)cc(OC)c2)C1. The summed E-state index contributed by atoms with van der Waals surface area (Å²) in [5, 5.41) is 6.81. The van der Waals surface area contributed by atoms with Gasteiger partial charge in [0.1, 0.15) is 11.5 Å². The molecule has 8 nitrogen and oxygen atoms in total. The van der Waals surface area contributed by atoms with Gasteiger partial charge in [0.2, 0.25) is 5.88 Å². The van der Waals surface area contributed by atoms with Crippen molar-refractivity contribution in [3.05, 3.63) is 42.1 Å². The highest BCUT2D eigenvalue weighted by Crippen LogP contribution is 2.30. The third kappa shape index (κ3) is 5.43. The van der Waals surface area contributed by atoms with Crippen molar-refractivity contribution in [3.63, 3.8) is 0 Å². The van der Waals surface area contributed by atoms with Gasteiger partial charge >= 0.3 is 0 Å². The van der Waals surface area contributed by atoms with E-state index in [0.29, 0.717) is 12.4 Å². The lowest BCUT2D eigenvalue weighted by Crippen LogP contribution is -2.44. The summed E-state index contributed by atoms with van der Waals surface area (Å²) in [5.74, 6) is 2.94. The van der Waals surface area contributed by atoms with Crippen LogP contribution in [0.25, 0.3) is 0 Å². The highest BCUT2D eigenvalue weighted by atomic mass is 16.5. The van der Waals surface area contributed by atoms with Crippen molar-refractivity contribution in [1.29, 1.82) is 0 Å². The molecule has 1 aromatic heterocycles. The van der Waals surface area contributed by atoms with Crippen LogP contribution >= 0.6 is 0 Å². The summed E-state index contributed by atoms with van der Waals surface area (Å²) in [6.07, 6.45) is 1.01. The molecule has 1 aliphatic rings. The minimum atomic E-state index is 0.289. The molecule has 0 aliphatic carbocycles. The molecule has 1 saturated heterocycles. The van der Waals surface area contributed by atoms with Crippen LogP contribution in [0.4, 0.5) is 5.69 Å². The number of nitrogens with zero attached hydrogens (tertiary/aromatic N) is 3. The Bertz CT molecular complexity index is 821. The molecule has 156 valence electrons. The van der Waals surface area contributed by atoms with Crippen molar-refractivity contribution >= 4 is 11.6 Å². The second-order valence-corrected chi connectivity index (χ2v) is 6.74. The molecule has 0 bridgehead atoms. The standard InChI is InChI=1S/C21H29N5O3/c1-22-21(23-13-15-6-5-7-20(24-15)29-4)25-16-8-9-26(14-16)17-10-18(27-2)12-19(11-17)28-3/h5-7,10-12,16H,8-9,13-14H2,1-4H3,(H2,22,23,25). The molecule has 1 fully saturated rings. The number of aliphatic imine (C=N–C) groups is 1. The summed E-state index contributed by atoms with van der Waals surface area (Å²) < 4.78 is 16.0. The zero-order valence-electron chi connectivity index (χ0n) is 17.4. The highest BCUT2D eigenvalue weighted by Gasteiger charge is 2.24. The average Bonchev–Trinajstić information content (AvgIpc) is 3.24. The third-order valence-electron chi connectivity index (χ3n) is 4.88. The Morgan fingerprint density at radius 2 is 1.90 bits per heavy atom. The molecule has 2 N–H and O–H groups in total. The van der Waals surface area contributed by atoms with Crippen LogP contribution in [0.2, 0.25) is 0 Å². The number of methoxy groups -OCH3 is 3. The molecule has 1 unspecified atom stereocenters. The van der Waals surface area contributed by atoms with E-state index in [2.05, 4.69) is 25.5 Å². The minimum absolute atomic E-state index is 0.289. The van der Waals surface area contributed by atoms with Crippen LogP contribution in [0.15, 0.2) is 41.4 Å². The first-order valence-electron chi connectivity index (χ1n) is 9.60. The Morgan fingerprint density at radius 1 is 1.14 bits per heavy atom. The van der Waals surface area contributed by atoms with Crippen molar-refractivity contribution < 1.29 is 14.2 Å². The van der Waals surface area contributed by atoms with Gasteiger partial charge in [-0.1, -0.05) is 6.07 Å². The van der Waals surface area contributed by atoms with Gasteiger partial charge in [0.25, 0.3) is 0 Å². The number of hydrogen-bond donors (Lipinski definition) is 2. The average molecular weight is 399 g/mol. The van der Waals surface area contributed by atoms with Gasteiger partial charge in [-0.15, -0.1) is 0 Å². The van der Waals surface area contributed by atoms with Crippen LogP contribution in [0.1, 0.15) is 12.1 Å². The molecule has 2 heterocycles.